The highest BCUT2D eigenvalue weighted by Crippen LogP contribution is 2.46. The minimum absolute atomic E-state index is 0.00119. The Kier molecular flexibility index (Phi) is 4.69. The van der Waals surface area contributed by atoms with Crippen LogP contribution in [0.25, 0.3) is 0 Å². The van der Waals surface area contributed by atoms with Crippen molar-refractivity contribution >= 4 is 11.6 Å². The molecule has 1 saturated carbocycles. The van der Waals surface area contributed by atoms with Gasteiger partial charge in [-0.3, -0.25) is 4.79 Å². The summed E-state index contributed by atoms with van der Waals surface area (Å²) in [6.07, 6.45) is 2.78. The lowest BCUT2D eigenvalue weighted by atomic mass is 9.90. The van der Waals surface area contributed by atoms with Gasteiger partial charge in [0, 0.05) is 6.42 Å². The maximum absolute atomic E-state index is 12.7. The number of rotatable bonds is 6. The molecule has 5 heteroatoms. The lowest BCUT2D eigenvalue weighted by Crippen LogP contribution is -2.18. The summed E-state index contributed by atoms with van der Waals surface area (Å²) in [5.41, 5.74) is 1.85. The van der Waals surface area contributed by atoms with Gasteiger partial charge >= 0.3 is 0 Å². The summed E-state index contributed by atoms with van der Waals surface area (Å²) in [6, 6.07) is 13.5. The first-order valence-corrected chi connectivity index (χ1v) is 9.07. The molecule has 26 heavy (non-hydrogen) atoms. The predicted octanol–water partition coefficient (Wildman–Crippen LogP) is 3.99. The minimum Gasteiger partial charge on any atom is -0.495 e. The predicted molar refractivity (Wildman–Crippen MR) is 99.1 cm³/mol. The second-order valence-corrected chi connectivity index (χ2v) is 6.80. The summed E-state index contributed by atoms with van der Waals surface area (Å²) in [5, 5.41) is 2.99. The quantitative estimate of drug-likeness (QED) is 0.853. The summed E-state index contributed by atoms with van der Waals surface area (Å²) >= 11 is 0. The van der Waals surface area contributed by atoms with Crippen LogP contribution in [0.5, 0.6) is 17.2 Å². The number of anilines is 1. The van der Waals surface area contributed by atoms with Crippen molar-refractivity contribution in [1.82, 2.24) is 0 Å². The molecule has 0 radical (unpaired) electrons. The van der Waals surface area contributed by atoms with Gasteiger partial charge in [-0.25, -0.2) is 0 Å². The molecular formula is C21H23NO4. The summed E-state index contributed by atoms with van der Waals surface area (Å²) in [7, 11) is 1.60. The topological polar surface area (TPSA) is 56.8 Å². The number of benzene rings is 2. The van der Waals surface area contributed by atoms with Crippen molar-refractivity contribution in [2.45, 2.75) is 25.2 Å². The molecule has 1 unspecified atom stereocenters. The number of hydrogen-bond acceptors (Lipinski definition) is 4. The fourth-order valence-corrected chi connectivity index (χ4v) is 3.49. The zero-order valence-corrected chi connectivity index (χ0v) is 14.9. The Morgan fingerprint density at radius 1 is 1.15 bits per heavy atom. The van der Waals surface area contributed by atoms with E-state index in [1.54, 1.807) is 7.11 Å². The molecule has 1 atom stereocenters. The van der Waals surface area contributed by atoms with Crippen molar-refractivity contribution in [3.05, 3.63) is 48.0 Å². The fourth-order valence-electron chi connectivity index (χ4n) is 3.49. The van der Waals surface area contributed by atoms with Gasteiger partial charge in [0.25, 0.3) is 0 Å². The molecule has 2 aromatic rings. The lowest BCUT2D eigenvalue weighted by molar-refractivity contribution is -0.116. The van der Waals surface area contributed by atoms with E-state index in [1.165, 1.54) is 12.8 Å². The Bertz CT molecular complexity index is 800. The number of carbonyl (C=O) groups is 1. The van der Waals surface area contributed by atoms with E-state index in [0.29, 0.717) is 37.0 Å². The number of methoxy groups -OCH3 is 1. The molecule has 1 N–H and O–H groups in total. The van der Waals surface area contributed by atoms with Crippen LogP contribution >= 0.6 is 0 Å². The van der Waals surface area contributed by atoms with Gasteiger partial charge in [-0.2, -0.15) is 0 Å². The van der Waals surface area contributed by atoms with Gasteiger partial charge in [0.1, 0.15) is 19.0 Å². The Morgan fingerprint density at radius 3 is 2.69 bits per heavy atom. The molecule has 1 aliphatic heterocycles. The highest BCUT2D eigenvalue weighted by molar-refractivity contribution is 5.92. The van der Waals surface area contributed by atoms with Crippen LogP contribution in [0.3, 0.4) is 0 Å². The summed E-state index contributed by atoms with van der Waals surface area (Å²) in [4.78, 5) is 12.7. The summed E-state index contributed by atoms with van der Waals surface area (Å²) in [5.74, 6) is 2.99. The molecule has 4 rings (SSSR count). The molecule has 2 aromatic carbocycles. The smallest absolute Gasteiger partial charge is 0.225 e. The molecule has 1 amide bonds. The average molecular weight is 353 g/mol. The van der Waals surface area contributed by atoms with Gasteiger partial charge in [-0.15, -0.1) is 0 Å². The van der Waals surface area contributed by atoms with E-state index in [9.17, 15) is 4.79 Å². The zero-order chi connectivity index (χ0) is 17.9. The number of hydrogen-bond donors (Lipinski definition) is 1. The molecule has 2 aliphatic rings. The van der Waals surface area contributed by atoms with Crippen LogP contribution < -0.4 is 19.5 Å². The van der Waals surface area contributed by atoms with Crippen LogP contribution in [-0.4, -0.2) is 26.2 Å². The van der Waals surface area contributed by atoms with Gasteiger partial charge in [-0.1, -0.05) is 18.2 Å². The Balaban J connectivity index is 1.50. The van der Waals surface area contributed by atoms with Crippen LogP contribution in [0, 0.1) is 5.92 Å². The van der Waals surface area contributed by atoms with Crippen molar-refractivity contribution in [2.24, 2.45) is 5.92 Å². The third-order valence-electron chi connectivity index (χ3n) is 4.97. The van der Waals surface area contributed by atoms with Crippen molar-refractivity contribution < 1.29 is 19.0 Å². The molecular weight excluding hydrogens is 330 g/mol. The van der Waals surface area contributed by atoms with Crippen molar-refractivity contribution in [3.63, 3.8) is 0 Å². The molecule has 1 fully saturated rings. The number of ether oxygens (including phenoxy) is 3. The van der Waals surface area contributed by atoms with Crippen LogP contribution in [0.1, 0.15) is 30.7 Å². The third-order valence-corrected chi connectivity index (χ3v) is 4.97. The van der Waals surface area contributed by atoms with Gasteiger partial charge in [0.2, 0.25) is 5.91 Å². The van der Waals surface area contributed by atoms with E-state index in [0.717, 1.165) is 17.1 Å². The maximum atomic E-state index is 12.7. The van der Waals surface area contributed by atoms with E-state index in [-0.39, 0.29) is 11.8 Å². The number of carbonyl (C=O) groups excluding carboxylic acids is 1. The van der Waals surface area contributed by atoms with Crippen molar-refractivity contribution in [3.8, 4) is 17.2 Å². The van der Waals surface area contributed by atoms with E-state index >= 15 is 0 Å². The van der Waals surface area contributed by atoms with Gasteiger partial charge < -0.3 is 19.5 Å². The summed E-state index contributed by atoms with van der Waals surface area (Å²) in [6.45, 7) is 1.15. The number of amides is 1. The standard InChI is InChI=1S/C21H23NO4/c1-24-18-5-3-2-4-17(18)22-21(23)13-16(14-6-7-14)15-8-9-19-20(12-15)26-11-10-25-19/h2-5,8-9,12,14,16H,6-7,10-11,13H2,1H3,(H,22,23). The van der Waals surface area contributed by atoms with E-state index in [1.807, 2.05) is 36.4 Å². The second-order valence-electron chi connectivity index (χ2n) is 6.80. The summed E-state index contributed by atoms with van der Waals surface area (Å²) < 4.78 is 16.6. The Hall–Kier alpha value is -2.69. The first-order chi connectivity index (χ1) is 12.7. The zero-order valence-electron chi connectivity index (χ0n) is 14.9. The third kappa shape index (κ3) is 3.62. The average Bonchev–Trinajstić information content (AvgIpc) is 3.51. The molecule has 0 bridgehead atoms. The van der Waals surface area contributed by atoms with Crippen LogP contribution in [0.15, 0.2) is 42.5 Å². The largest absolute Gasteiger partial charge is 0.495 e. The van der Waals surface area contributed by atoms with Crippen LogP contribution in [0.4, 0.5) is 5.69 Å². The van der Waals surface area contributed by atoms with E-state index in [4.69, 9.17) is 14.2 Å². The monoisotopic (exact) mass is 353 g/mol. The normalized spacial score (nSPS) is 16.7. The molecule has 1 heterocycles. The highest BCUT2D eigenvalue weighted by Gasteiger charge is 2.34. The van der Waals surface area contributed by atoms with Gasteiger partial charge in [0.05, 0.1) is 12.8 Å². The van der Waals surface area contributed by atoms with Crippen molar-refractivity contribution in [1.29, 1.82) is 0 Å². The van der Waals surface area contributed by atoms with Gasteiger partial charge in [-0.05, 0) is 54.5 Å². The molecule has 0 saturated heterocycles. The molecule has 5 nitrogen and oxygen atoms in total. The maximum Gasteiger partial charge on any atom is 0.225 e. The molecule has 0 spiro atoms. The first kappa shape index (κ1) is 16.8. The van der Waals surface area contributed by atoms with Crippen LogP contribution in [0.2, 0.25) is 0 Å². The van der Waals surface area contributed by atoms with Crippen molar-refractivity contribution in [2.75, 3.05) is 25.6 Å². The minimum atomic E-state index is 0.00119. The SMILES string of the molecule is COc1ccccc1NC(=O)CC(c1ccc2c(c1)OCCO2)C1CC1. The van der Waals surface area contributed by atoms with Gasteiger partial charge in [0.15, 0.2) is 11.5 Å². The molecule has 0 aromatic heterocycles. The second kappa shape index (κ2) is 7.28. The van der Waals surface area contributed by atoms with Crippen LogP contribution in [-0.2, 0) is 4.79 Å². The Morgan fingerprint density at radius 2 is 1.92 bits per heavy atom. The number of para-hydroxylation sites is 2. The van der Waals surface area contributed by atoms with E-state index in [2.05, 4.69) is 11.4 Å². The molecule has 136 valence electrons. The molecule has 1 aliphatic carbocycles. The Labute approximate surface area is 153 Å². The highest BCUT2D eigenvalue weighted by atomic mass is 16.6. The first-order valence-electron chi connectivity index (χ1n) is 9.07. The number of fused-ring (bicyclic) bond motifs is 1. The number of nitrogens with one attached hydrogen (secondary N) is 1. The fraction of sp³-hybridized carbons (Fsp3) is 0.381. The lowest BCUT2D eigenvalue weighted by Gasteiger charge is -2.22. The van der Waals surface area contributed by atoms with E-state index < -0.39 is 0 Å².